The van der Waals surface area contributed by atoms with Crippen LogP contribution >= 0.6 is 0 Å². The van der Waals surface area contributed by atoms with Gasteiger partial charge in [0.15, 0.2) is 0 Å². The Morgan fingerprint density at radius 1 is 1.33 bits per heavy atom. The Labute approximate surface area is 141 Å². The standard InChI is InChI=1S/C18H25FN2O3/c19-15-4-1-3-13(7-15)14-8-16(9-14)20-17(24)21-6-2-5-18(10-21,11-22)12-23/h1,3-4,7,14,16,22-23H,2,5-6,8-12H2,(H,20,24). The molecule has 5 nitrogen and oxygen atoms in total. The molecule has 1 saturated heterocycles. The van der Waals surface area contributed by atoms with Gasteiger partial charge in [0.2, 0.25) is 0 Å². The van der Waals surface area contributed by atoms with Gasteiger partial charge < -0.3 is 20.4 Å². The summed E-state index contributed by atoms with van der Waals surface area (Å²) in [7, 11) is 0. The first kappa shape index (κ1) is 17.2. The number of likely N-dealkylation sites (tertiary alicyclic amines) is 1. The van der Waals surface area contributed by atoms with Crippen molar-refractivity contribution in [3.8, 4) is 0 Å². The maximum Gasteiger partial charge on any atom is 0.317 e. The van der Waals surface area contributed by atoms with Crippen molar-refractivity contribution in [2.75, 3.05) is 26.3 Å². The monoisotopic (exact) mass is 336 g/mol. The van der Waals surface area contributed by atoms with Crippen molar-refractivity contribution in [1.29, 1.82) is 0 Å². The Morgan fingerprint density at radius 3 is 2.75 bits per heavy atom. The van der Waals surface area contributed by atoms with Gasteiger partial charge in [-0.25, -0.2) is 9.18 Å². The Balaban J connectivity index is 1.50. The molecule has 24 heavy (non-hydrogen) atoms. The minimum absolute atomic E-state index is 0.102. The van der Waals surface area contributed by atoms with E-state index in [1.807, 2.05) is 6.07 Å². The number of nitrogens with one attached hydrogen (secondary N) is 1. The van der Waals surface area contributed by atoms with Crippen LogP contribution in [0.4, 0.5) is 9.18 Å². The number of carbonyl (C=O) groups is 1. The highest BCUT2D eigenvalue weighted by Gasteiger charge is 2.38. The molecule has 0 atom stereocenters. The van der Waals surface area contributed by atoms with Gasteiger partial charge >= 0.3 is 6.03 Å². The van der Waals surface area contributed by atoms with Gasteiger partial charge in [-0.1, -0.05) is 12.1 Å². The van der Waals surface area contributed by atoms with Gasteiger partial charge in [0.25, 0.3) is 0 Å². The Morgan fingerprint density at radius 2 is 2.08 bits per heavy atom. The predicted molar refractivity (Wildman–Crippen MR) is 88.1 cm³/mol. The summed E-state index contributed by atoms with van der Waals surface area (Å²) in [6, 6.07) is 6.60. The molecule has 1 heterocycles. The lowest BCUT2D eigenvalue weighted by Crippen LogP contribution is -2.55. The summed E-state index contributed by atoms with van der Waals surface area (Å²) in [5.74, 6) is 0.0685. The molecule has 3 rings (SSSR count). The molecule has 2 fully saturated rings. The Bertz CT molecular complexity index is 585. The zero-order chi connectivity index (χ0) is 17.2. The fourth-order valence-electron chi connectivity index (χ4n) is 3.72. The highest BCUT2D eigenvalue weighted by molar-refractivity contribution is 5.75. The minimum atomic E-state index is -0.584. The summed E-state index contributed by atoms with van der Waals surface area (Å²) < 4.78 is 13.3. The second kappa shape index (κ2) is 7.07. The molecular weight excluding hydrogens is 311 g/mol. The first-order valence-electron chi connectivity index (χ1n) is 8.58. The summed E-state index contributed by atoms with van der Waals surface area (Å²) in [6.07, 6.45) is 3.14. The molecule has 0 bridgehead atoms. The summed E-state index contributed by atoms with van der Waals surface area (Å²) in [5.41, 5.74) is 0.400. The lowest BCUT2D eigenvalue weighted by molar-refractivity contribution is 0.000809. The van der Waals surface area contributed by atoms with E-state index in [2.05, 4.69) is 5.32 Å². The zero-order valence-corrected chi connectivity index (χ0v) is 13.7. The fourth-order valence-corrected chi connectivity index (χ4v) is 3.72. The maximum absolute atomic E-state index is 13.3. The average molecular weight is 336 g/mol. The van der Waals surface area contributed by atoms with Crippen LogP contribution in [0.1, 0.15) is 37.2 Å². The number of carbonyl (C=O) groups excluding carboxylic acids is 1. The van der Waals surface area contributed by atoms with E-state index >= 15 is 0 Å². The van der Waals surface area contributed by atoms with E-state index in [0.717, 1.165) is 31.2 Å². The van der Waals surface area contributed by atoms with Gasteiger partial charge in [0, 0.05) is 24.5 Å². The molecule has 0 spiro atoms. The molecule has 1 aromatic rings. The van der Waals surface area contributed by atoms with Crippen LogP contribution < -0.4 is 5.32 Å². The number of rotatable bonds is 4. The van der Waals surface area contributed by atoms with Gasteiger partial charge in [0.1, 0.15) is 5.82 Å². The molecule has 2 aliphatic rings. The fraction of sp³-hybridized carbons (Fsp3) is 0.611. The normalized spacial score (nSPS) is 25.9. The number of piperidine rings is 1. The molecule has 6 heteroatoms. The molecular formula is C18H25FN2O3. The summed E-state index contributed by atoms with van der Waals surface area (Å²) >= 11 is 0. The van der Waals surface area contributed by atoms with E-state index in [1.54, 1.807) is 17.0 Å². The summed E-state index contributed by atoms with van der Waals surface area (Å²) in [5, 5.41) is 22.0. The molecule has 3 N–H and O–H groups in total. The summed E-state index contributed by atoms with van der Waals surface area (Å²) in [6.45, 7) is 0.802. The first-order valence-corrected chi connectivity index (χ1v) is 8.58. The van der Waals surface area contributed by atoms with Gasteiger partial charge in [-0.15, -0.1) is 0 Å². The van der Waals surface area contributed by atoms with E-state index in [4.69, 9.17) is 0 Å². The SMILES string of the molecule is O=C(NC1CC(c2cccc(F)c2)C1)N1CCCC(CO)(CO)C1. The maximum atomic E-state index is 13.3. The van der Waals surface area contributed by atoms with Gasteiger partial charge in [-0.2, -0.15) is 0 Å². The zero-order valence-electron chi connectivity index (χ0n) is 13.7. The molecule has 132 valence electrons. The highest BCUT2D eigenvalue weighted by Crippen LogP contribution is 2.37. The lowest BCUT2D eigenvalue weighted by Gasteiger charge is -2.42. The number of halogens is 1. The third-order valence-corrected chi connectivity index (χ3v) is 5.41. The Kier molecular flexibility index (Phi) is 5.06. The van der Waals surface area contributed by atoms with E-state index in [9.17, 15) is 19.4 Å². The van der Waals surface area contributed by atoms with Crippen LogP contribution in [0.3, 0.4) is 0 Å². The second-order valence-electron chi connectivity index (χ2n) is 7.21. The number of amides is 2. The van der Waals surface area contributed by atoms with Crippen LogP contribution in [0, 0.1) is 11.2 Å². The van der Waals surface area contributed by atoms with Gasteiger partial charge in [0.05, 0.1) is 13.2 Å². The van der Waals surface area contributed by atoms with E-state index in [1.165, 1.54) is 6.07 Å². The number of hydrogen-bond acceptors (Lipinski definition) is 3. The van der Waals surface area contributed by atoms with Crippen molar-refractivity contribution >= 4 is 6.03 Å². The van der Waals surface area contributed by atoms with Crippen LogP contribution in [-0.4, -0.2) is 53.5 Å². The third-order valence-electron chi connectivity index (χ3n) is 5.41. The number of nitrogens with zero attached hydrogens (tertiary/aromatic N) is 1. The average Bonchev–Trinajstić information content (AvgIpc) is 2.57. The largest absolute Gasteiger partial charge is 0.396 e. The number of benzene rings is 1. The lowest BCUT2D eigenvalue weighted by atomic mass is 9.76. The van der Waals surface area contributed by atoms with Crippen LogP contribution in [0.25, 0.3) is 0 Å². The second-order valence-corrected chi connectivity index (χ2v) is 7.21. The number of urea groups is 1. The van der Waals surface area contributed by atoms with Crippen molar-refractivity contribution < 1.29 is 19.4 Å². The molecule has 1 aliphatic carbocycles. The van der Waals surface area contributed by atoms with E-state index in [0.29, 0.717) is 19.0 Å². The predicted octanol–water partition coefficient (Wildman–Crippen LogP) is 1.85. The third kappa shape index (κ3) is 3.54. The van der Waals surface area contributed by atoms with Crippen molar-refractivity contribution in [2.24, 2.45) is 5.41 Å². The summed E-state index contributed by atoms with van der Waals surface area (Å²) in [4.78, 5) is 14.1. The van der Waals surface area contributed by atoms with Crippen LogP contribution in [0.15, 0.2) is 24.3 Å². The van der Waals surface area contributed by atoms with Gasteiger partial charge in [-0.3, -0.25) is 0 Å². The Hall–Kier alpha value is -1.66. The van der Waals surface area contributed by atoms with E-state index < -0.39 is 5.41 Å². The molecule has 0 aromatic heterocycles. The van der Waals surface area contributed by atoms with Crippen LogP contribution in [-0.2, 0) is 0 Å². The topological polar surface area (TPSA) is 72.8 Å². The number of aliphatic hydroxyl groups excluding tert-OH is 2. The van der Waals surface area contributed by atoms with E-state index in [-0.39, 0.29) is 31.1 Å². The minimum Gasteiger partial charge on any atom is -0.396 e. The van der Waals surface area contributed by atoms with Crippen molar-refractivity contribution in [2.45, 2.75) is 37.6 Å². The number of hydrogen-bond donors (Lipinski definition) is 3. The first-order chi connectivity index (χ1) is 11.5. The van der Waals surface area contributed by atoms with Crippen LogP contribution in [0.2, 0.25) is 0 Å². The van der Waals surface area contributed by atoms with Crippen molar-refractivity contribution in [3.63, 3.8) is 0 Å². The molecule has 2 amide bonds. The molecule has 0 unspecified atom stereocenters. The molecule has 1 aliphatic heterocycles. The molecule has 0 radical (unpaired) electrons. The van der Waals surface area contributed by atoms with Crippen molar-refractivity contribution in [3.05, 3.63) is 35.6 Å². The van der Waals surface area contributed by atoms with Crippen molar-refractivity contribution in [1.82, 2.24) is 10.2 Å². The van der Waals surface area contributed by atoms with Gasteiger partial charge in [-0.05, 0) is 49.3 Å². The quantitative estimate of drug-likeness (QED) is 0.786. The highest BCUT2D eigenvalue weighted by atomic mass is 19.1. The molecule has 1 saturated carbocycles. The van der Waals surface area contributed by atoms with Crippen LogP contribution in [0.5, 0.6) is 0 Å². The smallest absolute Gasteiger partial charge is 0.317 e. The molecule has 1 aromatic carbocycles. The number of aliphatic hydroxyl groups is 2.